The van der Waals surface area contributed by atoms with Gasteiger partial charge in [-0.1, -0.05) is 35.5 Å². The van der Waals surface area contributed by atoms with Crippen molar-refractivity contribution in [3.05, 3.63) is 52.9 Å². The summed E-state index contributed by atoms with van der Waals surface area (Å²) in [6, 6.07) is 9.97. The van der Waals surface area contributed by atoms with Crippen molar-refractivity contribution >= 4 is 5.91 Å². The van der Waals surface area contributed by atoms with Crippen LogP contribution in [-0.2, 0) is 17.8 Å². The molecule has 0 radical (unpaired) electrons. The SMILES string of the molecule is Cc1noc(C)c1CN1CCCN(C(=O)Cc2ccccc2)CC1. The van der Waals surface area contributed by atoms with Gasteiger partial charge in [-0.05, 0) is 25.8 Å². The lowest BCUT2D eigenvalue weighted by Gasteiger charge is -2.22. The Kier molecular flexibility index (Phi) is 5.30. The fourth-order valence-corrected chi connectivity index (χ4v) is 3.21. The summed E-state index contributed by atoms with van der Waals surface area (Å²) >= 11 is 0. The van der Waals surface area contributed by atoms with E-state index in [-0.39, 0.29) is 5.91 Å². The average molecular weight is 327 g/mol. The standard InChI is InChI=1S/C19H25N3O2/c1-15-18(16(2)24-20-15)14-21-9-6-10-22(12-11-21)19(23)13-17-7-4-3-5-8-17/h3-5,7-8H,6,9-14H2,1-2H3. The van der Waals surface area contributed by atoms with Crippen LogP contribution in [0.1, 0.15) is 29.0 Å². The van der Waals surface area contributed by atoms with Gasteiger partial charge in [-0.3, -0.25) is 9.69 Å². The second kappa shape index (κ2) is 7.62. The number of rotatable bonds is 4. The van der Waals surface area contributed by atoms with Crippen molar-refractivity contribution in [1.82, 2.24) is 15.0 Å². The Hall–Kier alpha value is -2.14. The molecule has 1 saturated heterocycles. The van der Waals surface area contributed by atoms with Crippen LogP contribution in [0, 0.1) is 13.8 Å². The van der Waals surface area contributed by atoms with Crippen molar-refractivity contribution in [3.8, 4) is 0 Å². The lowest BCUT2D eigenvalue weighted by atomic mass is 10.1. The highest BCUT2D eigenvalue weighted by molar-refractivity contribution is 5.78. The van der Waals surface area contributed by atoms with Crippen LogP contribution in [0.5, 0.6) is 0 Å². The van der Waals surface area contributed by atoms with E-state index in [9.17, 15) is 4.79 Å². The second-order valence-electron chi connectivity index (χ2n) is 6.48. The molecule has 1 fully saturated rings. The predicted octanol–water partition coefficient (Wildman–Crippen LogP) is 2.57. The van der Waals surface area contributed by atoms with Gasteiger partial charge >= 0.3 is 0 Å². The molecular weight excluding hydrogens is 302 g/mol. The molecule has 1 aliphatic rings. The van der Waals surface area contributed by atoms with Gasteiger partial charge in [0.25, 0.3) is 0 Å². The Morgan fingerprint density at radius 3 is 2.62 bits per heavy atom. The van der Waals surface area contributed by atoms with E-state index in [2.05, 4.69) is 10.1 Å². The summed E-state index contributed by atoms with van der Waals surface area (Å²) in [5.41, 5.74) is 3.23. The summed E-state index contributed by atoms with van der Waals surface area (Å²) in [5.74, 6) is 1.12. The van der Waals surface area contributed by atoms with Gasteiger partial charge in [0.1, 0.15) is 5.76 Å². The van der Waals surface area contributed by atoms with Gasteiger partial charge in [0, 0.05) is 38.3 Å². The molecule has 1 aromatic heterocycles. The molecule has 1 aromatic carbocycles. The van der Waals surface area contributed by atoms with Crippen LogP contribution < -0.4 is 0 Å². The summed E-state index contributed by atoms with van der Waals surface area (Å²) in [6.07, 6.45) is 1.49. The third-order valence-electron chi connectivity index (χ3n) is 4.70. The van der Waals surface area contributed by atoms with E-state index in [1.165, 1.54) is 5.56 Å². The van der Waals surface area contributed by atoms with Gasteiger partial charge in [0.05, 0.1) is 12.1 Å². The maximum absolute atomic E-state index is 12.5. The molecule has 5 heteroatoms. The minimum absolute atomic E-state index is 0.223. The van der Waals surface area contributed by atoms with E-state index in [1.807, 2.05) is 49.1 Å². The molecule has 24 heavy (non-hydrogen) atoms. The Bertz CT molecular complexity index is 662. The van der Waals surface area contributed by atoms with Crippen LogP contribution in [0.3, 0.4) is 0 Å². The first-order chi connectivity index (χ1) is 11.6. The van der Waals surface area contributed by atoms with Crippen molar-refractivity contribution in [1.29, 1.82) is 0 Å². The zero-order chi connectivity index (χ0) is 16.9. The fourth-order valence-electron chi connectivity index (χ4n) is 3.21. The van der Waals surface area contributed by atoms with E-state index in [1.54, 1.807) is 0 Å². The molecule has 0 unspecified atom stereocenters. The molecule has 3 rings (SSSR count). The number of aryl methyl sites for hydroxylation is 2. The first-order valence-corrected chi connectivity index (χ1v) is 8.59. The summed E-state index contributed by atoms with van der Waals surface area (Å²) in [5, 5.41) is 4.03. The Morgan fingerprint density at radius 1 is 1.12 bits per heavy atom. The summed E-state index contributed by atoms with van der Waals surface area (Å²) in [6.45, 7) is 8.31. The predicted molar refractivity (Wildman–Crippen MR) is 92.6 cm³/mol. The van der Waals surface area contributed by atoms with Crippen molar-refractivity contribution in [2.75, 3.05) is 26.2 Å². The Labute approximate surface area is 143 Å². The molecule has 0 atom stereocenters. The zero-order valence-electron chi connectivity index (χ0n) is 14.5. The molecule has 2 aromatic rings. The molecule has 0 N–H and O–H groups in total. The summed E-state index contributed by atoms with van der Waals surface area (Å²) in [7, 11) is 0. The minimum atomic E-state index is 0.223. The third kappa shape index (κ3) is 4.03. The normalized spacial score (nSPS) is 16.2. The summed E-state index contributed by atoms with van der Waals surface area (Å²) in [4.78, 5) is 16.9. The van der Waals surface area contributed by atoms with E-state index in [0.29, 0.717) is 6.42 Å². The topological polar surface area (TPSA) is 49.6 Å². The maximum atomic E-state index is 12.5. The second-order valence-corrected chi connectivity index (χ2v) is 6.48. The van der Waals surface area contributed by atoms with Crippen LogP contribution in [0.4, 0.5) is 0 Å². The van der Waals surface area contributed by atoms with Crippen molar-refractivity contribution < 1.29 is 9.32 Å². The smallest absolute Gasteiger partial charge is 0.227 e. The number of aromatic nitrogens is 1. The minimum Gasteiger partial charge on any atom is -0.361 e. The quantitative estimate of drug-likeness (QED) is 0.866. The number of nitrogens with zero attached hydrogens (tertiary/aromatic N) is 3. The first kappa shape index (κ1) is 16.7. The van der Waals surface area contributed by atoms with E-state index in [4.69, 9.17) is 4.52 Å². The number of hydrogen-bond acceptors (Lipinski definition) is 4. The van der Waals surface area contributed by atoms with Crippen molar-refractivity contribution in [2.24, 2.45) is 0 Å². The molecule has 1 amide bonds. The Balaban J connectivity index is 1.56. The van der Waals surface area contributed by atoms with Gasteiger partial charge in [-0.15, -0.1) is 0 Å². The largest absolute Gasteiger partial charge is 0.361 e. The highest BCUT2D eigenvalue weighted by atomic mass is 16.5. The van der Waals surface area contributed by atoms with E-state index >= 15 is 0 Å². The highest BCUT2D eigenvalue weighted by Gasteiger charge is 2.21. The lowest BCUT2D eigenvalue weighted by molar-refractivity contribution is -0.130. The Morgan fingerprint density at radius 2 is 1.92 bits per heavy atom. The molecule has 0 saturated carbocycles. The van der Waals surface area contributed by atoms with E-state index < -0.39 is 0 Å². The zero-order valence-corrected chi connectivity index (χ0v) is 14.5. The molecule has 0 spiro atoms. The lowest BCUT2D eigenvalue weighted by Crippen LogP contribution is -2.36. The van der Waals surface area contributed by atoms with Crippen LogP contribution in [0.25, 0.3) is 0 Å². The van der Waals surface area contributed by atoms with Gasteiger partial charge in [-0.2, -0.15) is 0 Å². The van der Waals surface area contributed by atoms with Crippen LogP contribution >= 0.6 is 0 Å². The van der Waals surface area contributed by atoms with Crippen LogP contribution in [-0.4, -0.2) is 47.0 Å². The molecule has 1 aliphatic heterocycles. The highest BCUT2D eigenvalue weighted by Crippen LogP contribution is 2.16. The molecule has 5 nitrogen and oxygen atoms in total. The molecule has 0 bridgehead atoms. The number of carbonyl (C=O) groups is 1. The monoisotopic (exact) mass is 327 g/mol. The number of carbonyl (C=O) groups excluding carboxylic acids is 1. The molecule has 128 valence electrons. The van der Waals surface area contributed by atoms with Gasteiger partial charge in [0.15, 0.2) is 0 Å². The molecular formula is C19H25N3O2. The van der Waals surface area contributed by atoms with Crippen LogP contribution in [0.15, 0.2) is 34.9 Å². The summed E-state index contributed by atoms with van der Waals surface area (Å²) < 4.78 is 5.25. The van der Waals surface area contributed by atoms with Gasteiger partial charge < -0.3 is 9.42 Å². The third-order valence-corrected chi connectivity index (χ3v) is 4.70. The molecule has 0 aliphatic carbocycles. The van der Waals surface area contributed by atoms with Crippen LogP contribution in [0.2, 0.25) is 0 Å². The number of amides is 1. The first-order valence-electron chi connectivity index (χ1n) is 8.59. The number of benzene rings is 1. The van der Waals surface area contributed by atoms with Crippen molar-refractivity contribution in [2.45, 2.75) is 33.2 Å². The van der Waals surface area contributed by atoms with Gasteiger partial charge in [-0.25, -0.2) is 0 Å². The van der Waals surface area contributed by atoms with Crippen molar-refractivity contribution in [3.63, 3.8) is 0 Å². The number of hydrogen-bond donors (Lipinski definition) is 0. The maximum Gasteiger partial charge on any atom is 0.227 e. The molecule has 2 heterocycles. The fraction of sp³-hybridized carbons (Fsp3) is 0.474. The van der Waals surface area contributed by atoms with E-state index in [0.717, 1.165) is 56.2 Å². The average Bonchev–Trinajstić information content (AvgIpc) is 2.79. The van der Waals surface area contributed by atoms with Gasteiger partial charge in [0.2, 0.25) is 5.91 Å².